The van der Waals surface area contributed by atoms with Crippen LogP contribution in [0.3, 0.4) is 0 Å². The summed E-state index contributed by atoms with van der Waals surface area (Å²) in [5.74, 6) is -0.401. The molecule has 0 radical (unpaired) electrons. The predicted octanol–water partition coefficient (Wildman–Crippen LogP) is 2.72. The number of ether oxygens (including phenoxy) is 1. The summed E-state index contributed by atoms with van der Waals surface area (Å²) in [5, 5.41) is 18.7. The van der Waals surface area contributed by atoms with E-state index >= 15 is 0 Å². The van der Waals surface area contributed by atoms with Gasteiger partial charge in [0.25, 0.3) is 0 Å². The molecule has 1 aromatic rings. The van der Waals surface area contributed by atoms with Gasteiger partial charge in [-0.2, -0.15) is 14.0 Å². The third-order valence-corrected chi connectivity index (χ3v) is 1.85. The van der Waals surface area contributed by atoms with Gasteiger partial charge in [-0.05, 0) is 0 Å². The number of hydrogen-bond donors (Lipinski definition) is 0. The van der Waals surface area contributed by atoms with Gasteiger partial charge in [0.2, 0.25) is 0 Å². The highest BCUT2D eigenvalue weighted by molar-refractivity contribution is 6.33. The third-order valence-electron chi connectivity index (χ3n) is 1.57. The van der Waals surface area contributed by atoms with Crippen LogP contribution in [-0.2, 0) is 0 Å². The van der Waals surface area contributed by atoms with Crippen molar-refractivity contribution in [2.45, 2.75) is 6.61 Å². The fourth-order valence-electron chi connectivity index (χ4n) is 1.02. The molecular weight excluding hydrogens is 246 g/mol. The Kier molecular flexibility index (Phi) is 3.58. The SMILES string of the molecule is N#Cc1cc(OC(F)F)cc(Cl)c1[N+](=O)[O-]. The van der Waals surface area contributed by atoms with Crippen molar-refractivity contribution in [3.63, 3.8) is 0 Å². The molecule has 0 atom stereocenters. The van der Waals surface area contributed by atoms with Gasteiger partial charge in [0.15, 0.2) is 0 Å². The van der Waals surface area contributed by atoms with Gasteiger partial charge in [0, 0.05) is 12.1 Å². The first kappa shape index (κ1) is 12.1. The molecule has 0 fully saturated rings. The predicted molar refractivity (Wildman–Crippen MR) is 49.5 cm³/mol. The number of rotatable bonds is 3. The van der Waals surface area contributed by atoms with Crippen LogP contribution in [0, 0.1) is 21.4 Å². The fraction of sp³-hybridized carbons (Fsp3) is 0.125. The Morgan fingerprint density at radius 2 is 2.19 bits per heavy atom. The highest BCUT2D eigenvalue weighted by atomic mass is 35.5. The van der Waals surface area contributed by atoms with Gasteiger partial charge in [0.1, 0.15) is 22.4 Å². The van der Waals surface area contributed by atoms with Gasteiger partial charge in [-0.25, -0.2) is 0 Å². The van der Waals surface area contributed by atoms with E-state index in [0.717, 1.165) is 12.1 Å². The summed E-state index contributed by atoms with van der Waals surface area (Å²) in [6.07, 6.45) is 0. The van der Waals surface area contributed by atoms with E-state index in [0.29, 0.717) is 0 Å². The number of hydrogen-bond acceptors (Lipinski definition) is 4. The lowest BCUT2D eigenvalue weighted by atomic mass is 10.2. The van der Waals surface area contributed by atoms with Crippen molar-refractivity contribution in [3.8, 4) is 11.8 Å². The van der Waals surface area contributed by atoms with Crippen LogP contribution in [0.4, 0.5) is 14.5 Å². The average Bonchev–Trinajstić information content (AvgIpc) is 2.14. The maximum atomic E-state index is 11.9. The summed E-state index contributed by atoms with van der Waals surface area (Å²) in [7, 11) is 0. The van der Waals surface area contributed by atoms with Crippen LogP contribution in [0.15, 0.2) is 12.1 Å². The smallest absolute Gasteiger partial charge is 0.387 e. The van der Waals surface area contributed by atoms with Crippen LogP contribution >= 0.6 is 11.6 Å². The molecule has 16 heavy (non-hydrogen) atoms. The molecule has 0 spiro atoms. The van der Waals surface area contributed by atoms with E-state index in [-0.39, 0.29) is 0 Å². The molecule has 0 aliphatic rings. The second-order valence-electron chi connectivity index (χ2n) is 2.55. The molecule has 0 aromatic heterocycles. The van der Waals surface area contributed by atoms with E-state index < -0.39 is 33.6 Å². The topological polar surface area (TPSA) is 76.2 Å². The largest absolute Gasteiger partial charge is 0.435 e. The van der Waals surface area contributed by atoms with Crippen molar-refractivity contribution >= 4 is 17.3 Å². The standard InChI is InChI=1S/C8H3ClF2N2O3/c9-6-2-5(16-8(10)11)1-4(3-12)7(6)13(14)15/h1-2,8H. The molecule has 0 aliphatic heterocycles. The van der Waals surface area contributed by atoms with E-state index in [9.17, 15) is 18.9 Å². The van der Waals surface area contributed by atoms with Crippen LogP contribution in [0.2, 0.25) is 5.02 Å². The number of halogens is 3. The second-order valence-corrected chi connectivity index (χ2v) is 2.96. The first-order valence-corrected chi connectivity index (χ1v) is 4.16. The van der Waals surface area contributed by atoms with Crippen molar-refractivity contribution in [2.24, 2.45) is 0 Å². The lowest BCUT2D eigenvalue weighted by Gasteiger charge is -2.05. The molecule has 0 amide bonds. The van der Waals surface area contributed by atoms with Crippen molar-refractivity contribution < 1.29 is 18.4 Å². The van der Waals surface area contributed by atoms with Crippen molar-refractivity contribution in [2.75, 3.05) is 0 Å². The summed E-state index contributed by atoms with van der Waals surface area (Å²) in [4.78, 5) is 9.65. The van der Waals surface area contributed by atoms with Crippen molar-refractivity contribution in [1.82, 2.24) is 0 Å². The van der Waals surface area contributed by atoms with E-state index in [1.807, 2.05) is 0 Å². The maximum Gasteiger partial charge on any atom is 0.387 e. The minimum Gasteiger partial charge on any atom is -0.435 e. The van der Waals surface area contributed by atoms with Crippen molar-refractivity contribution in [3.05, 3.63) is 32.8 Å². The minimum atomic E-state index is -3.09. The molecule has 0 bridgehead atoms. The summed E-state index contributed by atoms with van der Waals surface area (Å²) in [5.41, 5.74) is -1.07. The molecule has 0 saturated carbocycles. The number of nitro groups is 1. The zero-order chi connectivity index (χ0) is 12.3. The molecule has 0 saturated heterocycles. The first-order valence-electron chi connectivity index (χ1n) is 3.78. The Labute approximate surface area is 93.0 Å². The van der Waals surface area contributed by atoms with Crippen LogP contribution in [0.1, 0.15) is 5.56 Å². The van der Waals surface area contributed by atoms with Crippen molar-refractivity contribution in [1.29, 1.82) is 5.26 Å². The summed E-state index contributed by atoms with van der Waals surface area (Å²) < 4.78 is 27.7. The van der Waals surface area contributed by atoms with Gasteiger partial charge < -0.3 is 4.74 Å². The van der Waals surface area contributed by atoms with Crippen LogP contribution in [0.5, 0.6) is 5.75 Å². The van der Waals surface area contributed by atoms with E-state index in [1.165, 1.54) is 6.07 Å². The van der Waals surface area contributed by atoms with Crippen LogP contribution in [0.25, 0.3) is 0 Å². The average molecular weight is 249 g/mol. The number of benzene rings is 1. The Balaban J connectivity index is 3.28. The maximum absolute atomic E-state index is 11.9. The molecule has 8 heteroatoms. The third kappa shape index (κ3) is 2.55. The zero-order valence-electron chi connectivity index (χ0n) is 7.49. The molecular formula is C8H3ClF2N2O3. The number of nitriles is 1. The quantitative estimate of drug-likeness (QED) is 0.609. The highest BCUT2D eigenvalue weighted by Crippen LogP contribution is 2.33. The van der Waals surface area contributed by atoms with Crippen LogP contribution < -0.4 is 4.74 Å². The summed E-state index contributed by atoms with van der Waals surface area (Å²) >= 11 is 5.47. The fourth-order valence-corrected chi connectivity index (χ4v) is 1.29. The Hall–Kier alpha value is -1.94. The van der Waals surface area contributed by atoms with E-state index in [4.69, 9.17) is 16.9 Å². The molecule has 84 valence electrons. The number of nitrogens with zero attached hydrogens (tertiary/aromatic N) is 2. The molecule has 0 heterocycles. The summed E-state index contributed by atoms with van der Waals surface area (Å²) in [6, 6.07) is 3.16. The molecule has 0 aliphatic carbocycles. The number of nitro benzene ring substituents is 1. The lowest BCUT2D eigenvalue weighted by molar-refractivity contribution is -0.385. The minimum absolute atomic E-state index is 0.401. The zero-order valence-corrected chi connectivity index (χ0v) is 8.24. The van der Waals surface area contributed by atoms with E-state index in [2.05, 4.69) is 4.74 Å². The van der Waals surface area contributed by atoms with Crippen LogP contribution in [-0.4, -0.2) is 11.5 Å². The monoisotopic (exact) mass is 248 g/mol. The first-order chi connectivity index (χ1) is 7.45. The number of alkyl halides is 2. The van der Waals surface area contributed by atoms with Gasteiger partial charge in [-0.3, -0.25) is 10.1 Å². The molecule has 1 rings (SSSR count). The molecule has 5 nitrogen and oxygen atoms in total. The highest BCUT2D eigenvalue weighted by Gasteiger charge is 2.21. The molecule has 1 aromatic carbocycles. The van der Waals surface area contributed by atoms with Gasteiger partial charge in [-0.15, -0.1) is 0 Å². The second kappa shape index (κ2) is 4.72. The Morgan fingerprint density at radius 1 is 1.56 bits per heavy atom. The Bertz CT molecular complexity index is 473. The van der Waals surface area contributed by atoms with Gasteiger partial charge in [0.05, 0.1) is 4.92 Å². The lowest BCUT2D eigenvalue weighted by Crippen LogP contribution is -2.03. The molecule has 0 unspecified atom stereocenters. The summed E-state index contributed by atoms with van der Waals surface area (Å²) in [6.45, 7) is -3.09. The molecule has 0 N–H and O–H groups in total. The van der Waals surface area contributed by atoms with Gasteiger partial charge in [-0.1, -0.05) is 11.6 Å². The Morgan fingerprint density at radius 3 is 2.62 bits per heavy atom. The van der Waals surface area contributed by atoms with Gasteiger partial charge >= 0.3 is 12.3 Å². The normalized spacial score (nSPS) is 9.94. The van der Waals surface area contributed by atoms with E-state index in [1.54, 1.807) is 0 Å².